The van der Waals surface area contributed by atoms with Gasteiger partial charge >= 0.3 is 5.97 Å². The Morgan fingerprint density at radius 2 is 1.21 bits per heavy atom. The van der Waals surface area contributed by atoms with Crippen LogP contribution >= 0.6 is 0 Å². The fraction of sp³-hybridized carbons (Fsp3) is 0.619. The monoisotopic (exact) mass is 881 g/mol. The molecule has 8 N–H and O–H groups in total. The van der Waals surface area contributed by atoms with Crippen molar-refractivity contribution in [2.24, 2.45) is 10.7 Å². The summed E-state index contributed by atoms with van der Waals surface area (Å²) in [7, 11) is 0. The molecule has 0 saturated heterocycles. The normalized spacial score (nSPS) is 11.4. The number of guanidine groups is 2. The number of aliphatic imine (C=N–C) groups is 1. The van der Waals surface area contributed by atoms with Crippen molar-refractivity contribution >= 4 is 23.8 Å². The lowest BCUT2D eigenvalue weighted by molar-refractivity contribution is -0.135. The van der Waals surface area contributed by atoms with E-state index in [1.54, 1.807) is 36.4 Å². The van der Waals surface area contributed by atoms with E-state index in [0.29, 0.717) is 137 Å². The van der Waals surface area contributed by atoms with Gasteiger partial charge in [-0.1, -0.05) is 37.6 Å². The van der Waals surface area contributed by atoms with Crippen molar-refractivity contribution < 1.29 is 56.6 Å². The number of esters is 1. The number of hydrogen-bond acceptors (Lipinski definition) is 14. The van der Waals surface area contributed by atoms with Gasteiger partial charge in [0, 0.05) is 39.1 Å². The van der Waals surface area contributed by atoms with Crippen molar-refractivity contribution in [1.29, 1.82) is 5.41 Å². The first kappa shape index (κ1) is 53.8. The summed E-state index contributed by atoms with van der Waals surface area (Å²) < 4.78 is 62.2. The molecule has 20 heteroatoms. The van der Waals surface area contributed by atoms with Gasteiger partial charge in [-0.25, -0.2) is 9.82 Å². The highest BCUT2D eigenvalue weighted by atomic mass is 19.1. The lowest BCUT2D eigenvalue weighted by atomic mass is 10.2. The Balaban J connectivity index is 1.40. The lowest BCUT2D eigenvalue weighted by Gasteiger charge is -2.14. The molecule has 0 radical (unpaired) electrons. The van der Waals surface area contributed by atoms with Crippen molar-refractivity contribution in [1.82, 2.24) is 26.8 Å². The SMILES string of the molecule is CCCCN/C(=N/C(=N)NCCOCCOCCC(=O)NCc1ccc(OC(=O)CCOCCOCCOCCOCCOCCOCCN)cc1)NNCc1cccc(F)c1. The van der Waals surface area contributed by atoms with E-state index in [-0.39, 0.29) is 43.7 Å². The van der Waals surface area contributed by atoms with Gasteiger partial charge in [0.25, 0.3) is 0 Å². The van der Waals surface area contributed by atoms with Crippen molar-refractivity contribution in [3.05, 3.63) is 65.5 Å². The summed E-state index contributed by atoms with van der Waals surface area (Å²) in [6.07, 6.45) is 2.22. The number of unbranched alkanes of at least 4 members (excludes halogenated alkanes) is 1. The Morgan fingerprint density at radius 1 is 0.645 bits per heavy atom. The molecule has 2 rings (SSSR count). The molecule has 350 valence electrons. The highest BCUT2D eigenvalue weighted by Gasteiger charge is 2.07. The van der Waals surface area contributed by atoms with E-state index in [2.05, 4.69) is 38.7 Å². The van der Waals surface area contributed by atoms with Crippen molar-refractivity contribution in [2.45, 2.75) is 45.7 Å². The molecule has 0 saturated carbocycles. The molecule has 2 aromatic carbocycles. The quantitative estimate of drug-likeness (QED) is 0.0127. The fourth-order valence-corrected chi connectivity index (χ4v) is 4.84. The van der Waals surface area contributed by atoms with Gasteiger partial charge in [-0.15, -0.1) is 0 Å². The topological polar surface area (TPSA) is 240 Å². The van der Waals surface area contributed by atoms with Gasteiger partial charge in [0.1, 0.15) is 11.6 Å². The second-order valence-corrected chi connectivity index (χ2v) is 13.2. The maximum Gasteiger partial charge on any atom is 0.313 e. The molecular formula is C42H69FN8O11. The number of nitrogens with zero attached hydrogens (tertiary/aromatic N) is 1. The first-order chi connectivity index (χ1) is 30.4. The third-order valence-corrected chi connectivity index (χ3v) is 8.04. The summed E-state index contributed by atoms with van der Waals surface area (Å²) >= 11 is 0. The van der Waals surface area contributed by atoms with Crippen molar-refractivity contribution in [3.63, 3.8) is 0 Å². The number of rotatable bonds is 38. The Kier molecular flexibility index (Phi) is 33.3. The smallest absolute Gasteiger partial charge is 0.313 e. The average molecular weight is 881 g/mol. The maximum atomic E-state index is 13.4. The van der Waals surface area contributed by atoms with Crippen LogP contribution in [-0.4, -0.2) is 149 Å². The summed E-state index contributed by atoms with van der Waals surface area (Å²) in [5.41, 5.74) is 12.9. The number of carbonyl (C=O) groups excluding carboxylic acids is 2. The van der Waals surface area contributed by atoms with Crippen LogP contribution in [-0.2, 0) is 60.6 Å². The largest absolute Gasteiger partial charge is 0.426 e. The third-order valence-electron chi connectivity index (χ3n) is 8.04. The summed E-state index contributed by atoms with van der Waals surface area (Å²) in [4.78, 5) is 28.7. The molecule has 1 amide bonds. The number of hydrazine groups is 1. The number of amides is 1. The van der Waals surface area contributed by atoms with Crippen LogP contribution in [0.15, 0.2) is 53.5 Å². The molecule has 0 aliphatic carbocycles. The molecule has 62 heavy (non-hydrogen) atoms. The number of nitrogens with one attached hydrogen (secondary N) is 6. The van der Waals surface area contributed by atoms with Crippen LogP contribution in [0.4, 0.5) is 4.39 Å². The first-order valence-corrected chi connectivity index (χ1v) is 21.2. The minimum atomic E-state index is -0.416. The third kappa shape index (κ3) is 31.5. The average Bonchev–Trinajstić information content (AvgIpc) is 3.26. The van der Waals surface area contributed by atoms with Crippen LogP contribution in [0.1, 0.15) is 43.7 Å². The van der Waals surface area contributed by atoms with Crippen LogP contribution in [0.25, 0.3) is 0 Å². The number of nitrogens with two attached hydrogens (primary N) is 1. The molecule has 0 unspecified atom stereocenters. The molecule has 19 nitrogen and oxygen atoms in total. The second-order valence-electron chi connectivity index (χ2n) is 13.2. The number of halogens is 1. The van der Waals surface area contributed by atoms with E-state index >= 15 is 0 Å². The molecule has 0 aromatic heterocycles. The van der Waals surface area contributed by atoms with E-state index in [9.17, 15) is 14.0 Å². The summed E-state index contributed by atoms with van der Waals surface area (Å²) in [6, 6.07) is 13.2. The molecule has 0 aliphatic rings. The van der Waals surface area contributed by atoms with E-state index in [1.807, 2.05) is 0 Å². The maximum absolute atomic E-state index is 13.4. The molecule has 0 atom stereocenters. The molecule has 2 aromatic rings. The van der Waals surface area contributed by atoms with Crippen molar-refractivity contribution in [3.8, 4) is 5.75 Å². The van der Waals surface area contributed by atoms with Gasteiger partial charge in [0.15, 0.2) is 0 Å². The fourth-order valence-electron chi connectivity index (χ4n) is 4.84. The number of ether oxygens (including phenoxy) is 9. The number of benzene rings is 2. The Bertz CT molecular complexity index is 1480. The molecule has 0 bridgehead atoms. The molecular weight excluding hydrogens is 812 g/mol. The van der Waals surface area contributed by atoms with Gasteiger partial charge in [-0.2, -0.15) is 4.99 Å². The Labute approximate surface area is 365 Å². The Hall–Kier alpha value is -4.35. The van der Waals surface area contributed by atoms with Crippen molar-refractivity contribution in [2.75, 3.05) is 125 Å². The van der Waals surface area contributed by atoms with Gasteiger partial charge in [-0.05, 0) is 41.8 Å². The van der Waals surface area contributed by atoms with E-state index in [4.69, 9.17) is 53.8 Å². The van der Waals surface area contributed by atoms with E-state index in [1.165, 1.54) is 12.1 Å². The van der Waals surface area contributed by atoms with Gasteiger partial charge in [0.2, 0.25) is 17.8 Å². The zero-order valence-electron chi connectivity index (χ0n) is 36.2. The summed E-state index contributed by atoms with van der Waals surface area (Å²) in [5, 5.41) is 17.0. The molecule has 0 fully saturated rings. The minimum absolute atomic E-state index is 0.0529. The highest BCUT2D eigenvalue weighted by molar-refractivity contribution is 5.93. The zero-order chi connectivity index (χ0) is 44.6. The van der Waals surface area contributed by atoms with Gasteiger partial charge in [-0.3, -0.25) is 20.4 Å². The predicted molar refractivity (Wildman–Crippen MR) is 231 cm³/mol. The Morgan fingerprint density at radius 3 is 1.79 bits per heavy atom. The second kappa shape index (κ2) is 38.3. The van der Waals surface area contributed by atoms with Gasteiger partial charge < -0.3 is 64.3 Å². The van der Waals surface area contributed by atoms with Crippen LogP contribution in [0.5, 0.6) is 5.75 Å². The van der Waals surface area contributed by atoms with Crippen LogP contribution in [0.3, 0.4) is 0 Å². The van der Waals surface area contributed by atoms with E-state index < -0.39 is 5.97 Å². The zero-order valence-corrected chi connectivity index (χ0v) is 36.2. The van der Waals surface area contributed by atoms with E-state index in [0.717, 1.165) is 24.0 Å². The summed E-state index contributed by atoms with van der Waals surface area (Å²) in [6.45, 7) is 10.8. The number of hydrogen-bond donors (Lipinski definition) is 7. The standard InChI is InChI=1S/C42H69FN8O11/c1-2-3-14-47-42(51-49-34-36-5-4-6-37(43)32-36)50-41(45)46-15-19-57-23-20-54-16-11-39(52)48-33-35-7-9-38(10-8-35)62-40(53)12-17-55-21-24-58-26-28-60-30-31-61-29-27-59-25-22-56-18-13-44/h4-10,32,49H,2-3,11-31,33-34,44H2,1H3,(H,48,52)(H4,45,46,47,50,51). The summed E-state index contributed by atoms with van der Waals surface area (Å²) in [5.74, 6) is -0.162. The molecule has 0 spiro atoms. The lowest BCUT2D eigenvalue weighted by Crippen LogP contribution is -2.46. The van der Waals surface area contributed by atoms with Crippen LogP contribution in [0.2, 0.25) is 0 Å². The molecule has 0 heterocycles. The highest BCUT2D eigenvalue weighted by Crippen LogP contribution is 2.13. The predicted octanol–water partition coefficient (Wildman–Crippen LogP) is 1.78. The number of carbonyl (C=O) groups is 2. The van der Waals surface area contributed by atoms with Crippen LogP contribution in [0, 0.1) is 11.2 Å². The minimum Gasteiger partial charge on any atom is -0.426 e. The van der Waals surface area contributed by atoms with Crippen LogP contribution < -0.4 is 37.3 Å². The molecule has 0 aliphatic heterocycles. The van der Waals surface area contributed by atoms with Gasteiger partial charge in [0.05, 0.1) is 112 Å². The first-order valence-electron chi connectivity index (χ1n) is 21.2.